The molecule has 0 saturated carbocycles. The Bertz CT molecular complexity index is 458. The number of methoxy groups -OCH3 is 1. The number of hydrogen-bond acceptors (Lipinski definition) is 3. The molecule has 1 atom stereocenters. The molecule has 98 valence electrons. The third-order valence-electron chi connectivity index (χ3n) is 3.38. The van der Waals surface area contributed by atoms with E-state index < -0.39 is 5.60 Å². The predicted molar refractivity (Wildman–Crippen MR) is 70.0 cm³/mol. The number of amides is 1. The molecule has 1 aromatic carbocycles. The van der Waals surface area contributed by atoms with Gasteiger partial charge in [-0.3, -0.25) is 4.79 Å². The first-order valence-corrected chi connectivity index (χ1v) is 6.21. The number of fused-ring (bicyclic) bond motifs is 1. The highest BCUT2D eigenvalue weighted by Gasteiger charge is 2.42. The Balaban J connectivity index is 2.31. The third-order valence-corrected chi connectivity index (χ3v) is 3.38. The standard InChI is InChI=1S/C14H19NO3/c1-4-14(7-8-17-3)13(16)15-11-9-10(2)5-6-12(11)18-14/h5-6,9H,4,7-8H2,1-3H3,(H,15,16). The molecule has 1 unspecified atom stereocenters. The van der Waals surface area contributed by atoms with Crippen molar-refractivity contribution in [2.24, 2.45) is 0 Å². The maximum Gasteiger partial charge on any atom is 0.268 e. The van der Waals surface area contributed by atoms with Gasteiger partial charge in [0.15, 0.2) is 5.60 Å². The van der Waals surface area contributed by atoms with Crippen molar-refractivity contribution in [3.63, 3.8) is 0 Å². The highest BCUT2D eigenvalue weighted by molar-refractivity contribution is 6.00. The van der Waals surface area contributed by atoms with Gasteiger partial charge in [0.25, 0.3) is 5.91 Å². The zero-order chi connectivity index (χ0) is 13.2. The van der Waals surface area contributed by atoms with Crippen molar-refractivity contribution in [1.82, 2.24) is 0 Å². The van der Waals surface area contributed by atoms with E-state index >= 15 is 0 Å². The van der Waals surface area contributed by atoms with Crippen LogP contribution < -0.4 is 10.1 Å². The highest BCUT2D eigenvalue weighted by Crippen LogP contribution is 2.37. The lowest BCUT2D eigenvalue weighted by Crippen LogP contribution is -2.51. The van der Waals surface area contributed by atoms with Gasteiger partial charge in [-0.25, -0.2) is 0 Å². The monoisotopic (exact) mass is 249 g/mol. The molecule has 1 aromatic rings. The fraction of sp³-hybridized carbons (Fsp3) is 0.500. The molecule has 0 bridgehead atoms. The first kappa shape index (κ1) is 12.9. The van der Waals surface area contributed by atoms with Crippen molar-refractivity contribution in [2.45, 2.75) is 32.3 Å². The number of carbonyl (C=O) groups excluding carboxylic acids is 1. The number of rotatable bonds is 4. The van der Waals surface area contributed by atoms with Crippen molar-refractivity contribution in [3.05, 3.63) is 23.8 Å². The lowest BCUT2D eigenvalue weighted by molar-refractivity contribution is -0.134. The van der Waals surface area contributed by atoms with Gasteiger partial charge in [-0.2, -0.15) is 0 Å². The van der Waals surface area contributed by atoms with E-state index in [4.69, 9.17) is 9.47 Å². The molecule has 2 rings (SSSR count). The third kappa shape index (κ3) is 2.20. The first-order valence-electron chi connectivity index (χ1n) is 6.21. The number of benzene rings is 1. The Morgan fingerprint density at radius 3 is 2.89 bits per heavy atom. The zero-order valence-corrected chi connectivity index (χ0v) is 11.1. The second-order valence-electron chi connectivity index (χ2n) is 4.65. The Labute approximate surface area is 107 Å². The van der Waals surface area contributed by atoms with E-state index in [-0.39, 0.29) is 5.91 Å². The summed E-state index contributed by atoms with van der Waals surface area (Å²) in [6, 6.07) is 5.80. The number of carbonyl (C=O) groups is 1. The lowest BCUT2D eigenvalue weighted by Gasteiger charge is -2.36. The van der Waals surface area contributed by atoms with E-state index in [0.717, 1.165) is 17.0 Å². The smallest absolute Gasteiger partial charge is 0.268 e. The number of hydrogen-bond donors (Lipinski definition) is 1. The molecular weight excluding hydrogens is 230 g/mol. The first-order chi connectivity index (χ1) is 8.61. The van der Waals surface area contributed by atoms with E-state index in [9.17, 15) is 4.79 Å². The van der Waals surface area contributed by atoms with Crippen LogP contribution >= 0.6 is 0 Å². The summed E-state index contributed by atoms with van der Waals surface area (Å²) in [6.07, 6.45) is 1.18. The van der Waals surface area contributed by atoms with Crippen LogP contribution in [0.15, 0.2) is 18.2 Å². The summed E-state index contributed by atoms with van der Waals surface area (Å²) < 4.78 is 11.0. The van der Waals surface area contributed by atoms with E-state index in [0.29, 0.717) is 19.4 Å². The van der Waals surface area contributed by atoms with Gasteiger partial charge in [0.05, 0.1) is 12.3 Å². The van der Waals surface area contributed by atoms with E-state index in [2.05, 4.69) is 5.32 Å². The Morgan fingerprint density at radius 1 is 1.44 bits per heavy atom. The molecule has 4 nitrogen and oxygen atoms in total. The fourth-order valence-electron chi connectivity index (χ4n) is 2.16. The van der Waals surface area contributed by atoms with Crippen molar-refractivity contribution < 1.29 is 14.3 Å². The van der Waals surface area contributed by atoms with Crippen molar-refractivity contribution in [3.8, 4) is 5.75 Å². The molecule has 0 saturated heterocycles. The molecule has 0 spiro atoms. The molecule has 1 heterocycles. The summed E-state index contributed by atoms with van der Waals surface area (Å²) in [7, 11) is 1.63. The molecule has 1 aliphatic rings. The maximum absolute atomic E-state index is 12.2. The van der Waals surface area contributed by atoms with Crippen LogP contribution in [-0.4, -0.2) is 25.2 Å². The number of aryl methyl sites for hydroxylation is 1. The minimum Gasteiger partial charge on any atom is -0.475 e. The average molecular weight is 249 g/mol. The minimum absolute atomic E-state index is 0.0832. The van der Waals surface area contributed by atoms with Gasteiger partial charge < -0.3 is 14.8 Å². The van der Waals surface area contributed by atoms with Gasteiger partial charge in [-0.1, -0.05) is 13.0 Å². The van der Waals surface area contributed by atoms with Crippen LogP contribution in [0, 0.1) is 6.92 Å². The summed E-state index contributed by atoms with van der Waals surface area (Å²) in [6.45, 7) is 4.44. The van der Waals surface area contributed by atoms with E-state index in [1.165, 1.54) is 0 Å². The van der Waals surface area contributed by atoms with Gasteiger partial charge in [0.2, 0.25) is 0 Å². The average Bonchev–Trinajstić information content (AvgIpc) is 2.37. The molecule has 0 radical (unpaired) electrons. The summed E-state index contributed by atoms with van der Waals surface area (Å²) >= 11 is 0. The van der Waals surface area contributed by atoms with Crippen LogP contribution in [0.1, 0.15) is 25.3 Å². The van der Waals surface area contributed by atoms with Gasteiger partial charge in [0.1, 0.15) is 5.75 Å². The summed E-state index contributed by atoms with van der Waals surface area (Å²) in [5.41, 5.74) is 1.04. The molecule has 1 N–H and O–H groups in total. The van der Waals surface area contributed by atoms with Crippen molar-refractivity contribution in [1.29, 1.82) is 0 Å². The van der Waals surface area contributed by atoms with Crippen molar-refractivity contribution in [2.75, 3.05) is 19.0 Å². The van der Waals surface area contributed by atoms with Gasteiger partial charge >= 0.3 is 0 Å². The van der Waals surface area contributed by atoms with Crippen LogP contribution in [0.2, 0.25) is 0 Å². The van der Waals surface area contributed by atoms with Crippen LogP contribution in [0.25, 0.3) is 0 Å². The Hall–Kier alpha value is -1.55. The molecule has 1 aliphatic heterocycles. The van der Waals surface area contributed by atoms with E-state index in [1.54, 1.807) is 7.11 Å². The molecular formula is C14H19NO3. The van der Waals surface area contributed by atoms with Gasteiger partial charge in [-0.05, 0) is 31.0 Å². The summed E-state index contributed by atoms with van der Waals surface area (Å²) in [4.78, 5) is 12.2. The zero-order valence-electron chi connectivity index (χ0n) is 11.1. The molecule has 0 fully saturated rings. The topological polar surface area (TPSA) is 47.6 Å². The van der Waals surface area contributed by atoms with Crippen LogP contribution in [0.5, 0.6) is 5.75 Å². The summed E-state index contributed by atoms with van der Waals surface area (Å²) in [5, 5.41) is 2.93. The quantitative estimate of drug-likeness (QED) is 0.892. The lowest BCUT2D eigenvalue weighted by atomic mass is 9.93. The molecule has 0 aliphatic carbocycles. The molecule has 18 heavy (non-hydrogen) atoms. The van der Waals surface area contributed by atoms with Crippen molar-refractivity contribution >= 4 is 11.6 Å². The van der Waals surface area contributed by atoms with Crippen LogP contribution in [0.3, 0.4) is 0 Å². The van der Waals surface area contributed by atoms with Crippen LogP contribution in [0.4, 0.5) is 5.69 Å². The normalized spacial score (nSPS) is 22.1. The maximum atomic E-state index is 12.2. The van der Waals surface area contributed by atoms with Crippen LogP contribution in [-0.2, 0) is 9.53 Å². The Morgan fingerprint density at radius 2 is 2.22 bits per heavy atom. The minimum atomic E-state index is -0.807. The van der Waals surface area contributed by atoms with Gasteiger partial charge in [-0.15, -0.1) is 0 Å². The second-order valence-corrected chi connectivity index (χ2v) is 4.65. The SMILES string of the molecule is CCC1(CCOC)Oc2ccc(C)cc2NC1=O. The second kappa shape index (κ2) is 4.98. The molecule has 4 heteroatoms. The number of nitrogens with one attached hydrogen (secondary N) is 1. The number of anilines is 1. The molecule has 0 aromatic heterocycles. The van der Waals surface area contributed by atoms with E-state index in [1.807, 2.05) is 32.0 Å². The molecule has 1 amide bonds. The summed E-state index contributed by atoms with van der Waals surface area (Å²) in [5.74, 6) is 0.651. The van der Waals surface area contributed by atoms with Gasteiger partial charge in [0, 0.05) is 13.5 Å². The predicted octanol–water partition coefficient (Wildman–Crippen LogP) is 2.51. The number of ether oxygens (including phenoxy) is 2. The Kier molecular flexibility index (Phi) is 3.57. The highest BCUT2D eigenvalue weighted by atomic mass is 16.5. The fourth-order valence-corrected chi connectivity index (χ4v) is 2.16. The largest absolute Gasteiger partial charge is 0.475 e.